The topological polar surface area (TPSA) is 67.2 Å². The summed E-state index contributed by atoms with van der Waals surface area (Å²) in [6, 6.07) is 20.1. The van der Waals surface area contributed by atoms with E-state index in [2.05, 4.69) is 36.5 Å². The third-order valence-electron chi connectivity index (χ3n) is 7.23. The molecule has 2 aromatic carbocycles. The van der Waals surface area contributed by atoms with Crippen molar-refractivity contribution in [3.63, 3.8) is 0 Å². The predicted molar refractivity (Wildman–Crippen MR) is 145 cm³/mol. The molecule has 36 heavy (non-hydrogen) atoms. The summed E-state index contributed by atoms with van der Waals surface area (Å²) in [6.07, 6.45) is 4.64. The second kappa shape index (κ2) is 11.4. The normalized spacial score (nSPS) is 16.3. The summed E-state index contributed by atoms with van der Waals surface area (Å²) in [5.74, 6) is 0.469. The molecule has 1 aromatic heterocycles. The summed E-state index contributed by atoms with van der Waals surface area (Å²) in [4.78, 5) is 33.5. The molecule has 0 bridgehead atoms. The maximum atomic E-state index is 13.7. The van der Waals surface area contributed by atoms with Gasteiger partial charge in [-0.1, -0.05) is 73.6 Å². The first kappa shape index (κ1) is 24.8. The number of thioether (sulfide) groups is 1. The summed E-state index contributed by atoms with van der Waals surface area (Å²) in [6.45, 7) is 4.59. The van der Waals surface area contributed by atoms with Gasteiger partial charge in [-0.05, 0) is 36.5 Å². The molecule has 1 saturated carbocycles. The molecule has 5 rings (SSSR count). The van der Waals surface area contributed by atoms with E-state index >= 15 is 0 Å². The number of carbonyl (C=O) groups excluding carboxylic acids is 1. The van der Waals surface area contributed by atoms with Crippen LogP contribution < -0.4 is 10.9 Å². The van der Waals surface area contributed by atoms with Crippen LogP contribution in [0.15, 0.2) is 70.6 Å². The van der Waals surface area contributed by atoms with Crippen LogP contribution >= 0.6 is 11.8 Å². The van der Waals surface area contributed by atoms with E-state index in [4.69, 9.17) is 4.98 Å². The first-order valence-corrected chi connectivity index (χ1v) is 13.9. The highest BCUT2D eigenvalue weighted by Gasteiger charge is 2.28. The Kier molecular flexibility index (Phi) is 7.87. The van der Waals surface area contributed by atoms with E-state index < -0.39 is 0 Å². The summed E-state index contributed by atoms with van der Waals surface area (Å²) >= 11 is 1.72. The second-order valence-electron chi connectivity index (χ2n) is 9.80. The van der Waals surface area contributed by atoms with Gasteiger partial charge in [-0.15, -0.1) is 0 Å². The molecule has 2 aliphatic rings. The number of nitrogens with one attached hydrogen (secondary N) is 1. The van der Waals surface area contributed by atoms with E-state index in [1.165, 1.54) is 24.8 Å². The fourth-order valence-electron chi connectivity index (χ4n) is 4.76. The molecule has 2 heterocycles. The molecule has 188 valence electrons. The van der Waals surface area contributed by atoms with Crippen LogP contribution in [0.3, 0.4) is 0 Å². The fraction of sp³-hybridized carbons (Fsp3) is 0.414. The molecule has 1 aliphatic heterocycles. The number of rotatable bonds is 9. The van der Waals surface area contributed by atoms with Crippen molar-refractivity contribution < 1.29 is 4.79 Å². The van der Waals surface area contributed by atoms with E-state index in [9.17, 15) is 9.59 Å². The lowest BCUT2D eigenvalue weighted by Gasteiger charge is -2.30. The number of amides is 1. The number of aromatic nitrogens is 2. The van der Waals surface area contributed by atoms with Crippen LogP contribution in [0.25, 0.3) is 5.69 Å². The molecule has 1 fully saturated rings. The van der Waals surface area contributed by atoms with Crippen molar-refractivity contribution in [3.05, 3.63) is 87.8 Å². The van der Waals surface area contributed by atoms with Crippen LogP contribution in [-0.4, -0.2) is 45.2 Å². The highest BCUT2D eigenvalue weighted by atomic mass is 32.2. The van der Waals surface area contributed by atoms with E-state index in [-0.39, 0.29) is 11.5 Å². The number of benzene rings is 2. The Bertz CT molecular complexity index is 1240. The molecule has 1 aliphatic carbocycles. The SMILES string of the molecule is C[C@@H](CNCCC(=O)N1CCc2nc(SC3CCC3)n(-c3ccccc3)c(=O)c2C1)c1ccccc1. The van der Waals surface area contributed by atoms with Gasteiger partial charge in [-0.3, -0.25) is 14.2 Å². The van der Waals surface area contributed by atoms with Gasteiger partial charge in [0.1, 0.15) is 0 Å². The van der Waals surface area contributed by atoms with Gasteiger partial charge in [-0.2, -0.15) is 0 Å². The minimum absolute atomic E-state index is 0.0414. The standard InChI is InChI=1S/C29H34N4O2S/c1-21(22-9-4-2-5-10-22)19-30-17-15-27(34)32-18-16-26-25(20-32)28(35)33(23-11-6-3-7-12-23)29(31-26)36-24-13-8-14-24/h2-7,9-12,21,24,30H,8,13-20H2,1H3/t21-/m0/s1. The minimum Gasteiger partial charge on any atom is -0.338 e. The third-order valence-corrected chi connectivity index (χ3v) is 8.51. The molecule has 1 atom stereocenters. The number of nitrogens with zero attached hydrogens (tertiary/aromatic N) is 3. The van der Waals surface area contributed by atoms with Crippen molar-refractivity contribution in [2.24, 2.45) is 0 Å². The van der Waals surface area contributed by atoms with Gasteiger partial charge >= 0.3 is 0 Å². The summed E-state index contributed by atoms with van der Waals surface area (Å²) in [5.41, 5.74) is 3.59. The molecule has 1 N–H and O–H groups in total. The van der Waals surface area contributed by atoms with Gasteiger partial charge in [0.2, 0.25) is 5.91 Å². The quantitative estimate of drug-likeness (QED) is 0.344. The van der Waals surface area contributed by atoms with Crippen molar-refractivity contribution in [2.75, 3.05) is 19.6 Å². The van der Waals surface area contributed by atoms with Gasteiger partial charge in [0.25, 0.3) is 5.56 Å². The van der Waals surface area contributed by atoms with Crippen LogP contribution in [0.5, 0.6) is 0 Å². The Labute approximate surface area is 217 Å². The molecule has 0 unspecified atom stereocenters. The molecule has 3 aromatic rings. The van der Waals surface area contributed by atoms with Gasteiger partial charge < -0.3 is 10.2 Å². The van der Waals surface area contributed by atoms with Gasteiger partial charge in [-0.25, -0.2) is 4.98 Å². The average Bonchev–Trinajstić information content (AvgIpc) is 2.89. The lowest BCUT2D eigenvalue weighted by molar-refractivity contribution is -0.132. The van der Waals surface area contributed by atoms with E-state index in [1.807, 2.05) is 41.3 Å². The Hall–Kier alpha value is -2.90. The monoisotopic (exact) mass is 502 g/mol. The smallest absolute Gasteiger partial charge is 0.264 e. The van der Waals surface area contributed by atoms with Crippen molar-refractivity contribution in [2.45, 2.75) is 61.9 Å². The van der Waals surface area contributed by atoms with E-state index in [0.717, 1.165) is 23.1 Å². The Morgan fingerprint density at radius 1 is 1.11 bits per heavy atom. The molecular formula is C29H34N4O2S. The third kappa shape index (κ3) is 5.57. The molecular weight excluding hydrogens is 468 g/mol. The number of hydrogen-bond donors (Lipinski definition) is 1. The van der Waals surface area contributed by atoms with E-state index in [1.54, 1.807) is 16.3 Å². The Balaban J connectivity index is 1.25. The zero-order valence-corrected chi connectivity index (χ0v) is 21.7. The van der Waals surface area contributed by atoms with Gasteiger partial charge in [0.15, 0.2) is 5.16 Å². The zero-order valence-electron chi connectivity index (χ0n) is 20.9. The van der Waals surface area contributed by atoms with Crippen LogP contribution in [0.2, 0.25) is 0 Å². The van der Waals surface area contributed by atoms with Crippen molar-refractivity contribution in [1.82, 2.24) is 19.8 Å². The number of hydrogen-bond acceptors (Lipinski definition) is 5. The lowest BCUT2D eigenvalue weighted by Crippen LogP contribution is -2.42. The van der Waals surface area contributed by atoms with Crippen molar-refractivity contribution >= 4 is 17.7 Å². The Morgan fingerprint density at radius 2 is 1.83 bits per heavy atom. The first-order valence-electron chi connectivity index (χ1n) is 13.0. The average molecular weight is 503 g/mol. The van der Waals surface area contributed by atoms with Crippen LogP contribution in [0, 0.1) is 0 Å². The zero-order chi connectivity index (χ0) is 24.9. The number of para-hydroxylation sites is 1. The minimum atomic E-state index is -0.0414. The fourth-order valence-corrected chi connectivity index (χ4v) is 6.08. The van der Waals surface area contributed by atoms with Crippen LogP contribution in [0.1, 0.15) is 55.3 Å². The first-order chi connectivity index (χ1) is 17.6. The second-order valence-corrected chi connectivity index (χ2v) is 11.1. The number of carbonyl (C=O) groups is 1. The maximum absolute atomic E-state index is 13.7. The Morgan fingerprint density at radius 3 is 2.53 bits per heavy atom. The lowest BCUT2D eigenvalue weighted by atomic mass is 10.0. The molecule has 7 heteroatoms. The highest BCUT2D eigenvalue weighted by molar-refractivity contribution is 7.99. The van der Waals surface area contributed by atoms with Gasteiger partial charge in [0.05, 0.1) is 23.5 Å². The maximum Gasteiger partial charge on any atom is 0.264 e. The molecule has 0 spiro atoms. The number of fused-ring (bicyclic) bond motifs is 1. The van der Waals surface area contributed by atoms with Gasteiger partial charge in [0, 0.05) is 37.7 Å². The highest BCUT2D eigenvalue weighted by Crippen LogP contribution is 2.36. The molecule has 1 amide bonds. The predicted octanol–water partition coefficient (Wildman–Crippen LogP) is 4.55. The summed E-state index contributed by atoms with van der Waals surface area (Å²) in [7, 11) is 0. The summed E-state index contributed by atoms with van der Waals surface area (Å²) in [5, 5.41) is 4.74. The molecule has 6 nitrogen and oxygen atoms in total. The summed E-state index contributed by atoms with van der Waals surface area (Å²) < 4.78 is 1.75. The largest absolute Gasteiger partial charge is 0.338 e. The van der Waals surface area contributed by atoms with Crippen LogP contribution in [-0.2, 0) is 17.8 Å². The molecule has 0 radical (unpaired) electrons. The van der Waals surface area contributed by atoms with Crippen LogP contribution in [0.4, 0.5) is 0 Å². The van der Waals surface area contributed by atoms with Crippen molar-refractivity contribution in [1.29, 1.82) is 0 Å². The van der Waals surface area contributed by atoms with E-state index in [0.29, 0.717) is 49.2 Å². The molecule has 0 saturated heterocycles. The van der Waals surface area contributed by atoms with Crippen molar-refractivity contribution in [3.8, 4) is 5.69 Å².